The number of fused-ring (bicyclic) bond motifs is 12. The van der Waals surface area contributed by atoms with Crippen LogP contribution >= 0.6 is 0 Å². The standard InChI is InChI=1S/C44H27N5/c1-2-14-32-31(13-1)33-15-3-6-18-37(33)44(38-19-7-4-16-34(38)35-17-5-8-20-39(35)44)40-22-21-28(25-36(32)40)41-47-42(29-11-9-23-45-26-29)49-43(48-41)30-12-10-24-46-27-30/h1-27H. The lowest BCUT2D eigenvalue weighted by Crippen LogP contribution is -2.29. The highest BCUT2D eigenvalue weighted by atomic mass is 15.0. The molecule has 228 valence electrons. The summed E-state index contributed by atoms with van der Waals surface area (Å²) in [5, 5.41) is 0. The van der Waals surface area contributed by atoms with Crippen molar-refractivity contribution < 1.29 is 0 Å². The number of pyridine rings is 2. The molecule has 5 aromatic carbocycles. The van der Waals surface area contributed by atoms with Crippen molar-refractivity contribution >= 4 is 0 Å². The number of hydrogen-bond acceptors (Lipinski definition) is 5. The summed E-state index contributed by atoms with van der Waals surface area (Å²) in [4.78, 5) is 23.6. The number of aromatic nitrogens is 5. The molecule has 3 heterocycles. The van der Waals surface area contributed by atoms with Gasteiger partial charge < -0.3 is 0 Å². The molecule has 10 rings (SSSR count). The highest BCUT2D eigenvalue weighted by Gasteiger charge is 2.49. The molecule has 0 unspecified atom stereocenters. The Morgan fingerprint density at radius 3 is 1.22 bits per heavy atom. The number of nitrogens with zero attached hydrogens (tertiary/aromatic N) is 5. The number of rotatable bonds is 3. The SMILES string of the molecule is c1cncc(-c2nc(-c3cccnc3)nc(-c3ccc4c(c3)-c3ccccc3-c3ccccc3C43c4ccccc4-c4ccccc43)n2)c1. The average Bonchev–Trinajstić information content (AvgIpc) is 3.43. The van der Waals surface area contributed by atoms with Crippen LogP contribution in [0.15, 0.2) is 164 Å². The monoisotopic (exact) mass is 625 g/mol. The van der Waals surface area contributed by atoms with Crippen molar-refractivity contribution in [1.29, 1.82) is 0 Å². The van der Waals surface area contributed by atoms with E-state index in [1.807, 2.05) is 24.3 Å². The van der Waals surface area contributed by atoms with Gasteiger partial charge in [0.25, 0.3) is 0 Å². The van der Waals surface area contributed by atoms with Gasteiger partial charge in [-0.2, -0.15) is 0 Å². The first-order chi connectivity index (χ1) is 24.3. The lowest BCUT2D eigenvalue weighted by molar-refractivity contribution is 0.775. The molecule has 0 atom stereocenters. The number of benzene rings is 5. The second kappa shape index (κ2) is 10.7. The summed E-state index contributed by atoms with van der Waals surface area (Å²) in [6.07, 6.45) is 7.08. The summed E-state index contributed by atoms with van der Waals surface area (Å²) in [5.74, 6) is 1.72. The lowest BCUT2D eigenvalue weighted by atomic mass is 9.66. The van der Waals surface area contributed by atoms with Crippen molar-refractivity contribution in [3.05, 3.63) is 187 Å². The van der Waals surface area contributed by atoms with E-state index in [1.165, 1.54) is 50.1 Å². The summed E-state index contributed by atoms with van der Waals surface area (Å²) in [7, 11) is 0. The third-order valence-electron chi connectivity index (χ3n) is 9.95. The van der Waals surface area contributed by atoms with Gasteiger partial charge >= 0.3 is 0 Å². The summed E-state index contributed by atoms with van der Waals surface area (Å²) >= 11 is 0. The molecule has 3 aromatic heterocycles. The van der Waals surface area contributed by atoms with E-state index in [-0.39, 0.29) is 0 Å². The van der Waals surface area contributed by atoms with Gasteiger partial charge in [0.05, 0.1) is 5.41 Å². The molecule has 2 aliphatic carbocycles. The van der Waals surface area contributed by atoms with E-state index < -0.39 is 5.41 Å². The van der Waals surface area contributed by atoms with E-state index in [9.17, 15) is 0 Å². The molecule has 0 amide bonds. The predicted molar refractivity (Wildman–Crippen MR) is 193 cm³/mol. The molecule has 0 fully saturated rings. The normalized spacial score (nSPS) is 13.1. The van der Waals surface area contributed by atoms with Crippen LogP contribution in [0.3, 0.4) is 0 Å². The van der Waals surface area contributed by atoms with Crippen LogP contribution in [-0.4, -0.2) is 24.9 Å². The molecule has 0 saturated heterocycles. The zero-order valence-corrected chi connectivity index (χ0v) is 26.3. The van der Waals surface area contributed by atoms with Crippen molar-refractivity contribution in [2.45, 2.75) is 5.41 Å². The molecule has 49 heavy (non-hydrogen) atoms. The fraction of sp³-hybridized carbons (Fsp3) is 0.0227. The van der Waals surface area contributed by atoms with Gasteiger partial charge in [-0.15, -0.1) is 0 Å². The molecule has 2 aliphatic rings. The molecular formula is C44H27N5. The van der Waals surface area contributed by atoms with Gasteiger partial charge in [0.15, 0.2) is 17.5 Å². The molecule has 0 radical (unpaired) electrons. The van der Waals surface area contributed by atoms with Gasteiger partial charge in [0.1, 0.15) is 0 Å². The van der Waals surface area contributed by atoms with Crippen LogP contribution in [0.1, 0.15) is 22.3 Å². The maximum absolute atomic E-state index is 5.05. The predicted octanol–water partition coefficient (Wildman–Crippen LogP) is 9.67. The van der Waals surface area contributed by atoms with E-state index in [1.54, 1.807) is 24.8 Å². The third-order valence-corrected chi connectivity index (χ3v) is 9.95. The Labute approximate surface area is 283 Å². The first-order valence-electron chi connectivity index (χ1n) is 16.4. The molecule has 5 heteroatoms. The molecular weight excluding hydrogens is 599 g/mol. The summed E-state index contributed by atoms with van der Waals surface area (Å²) in [5.41, 5.74) is 14.5. The van der Waals surface area contributed by atoms with Crippen LogP contribution in [0.5, 0.6) is 0 Å². The van der Waals surface area contributed by atoms with Crippen molar-refractivity contribution in [2.24, 2.45) is 0 Å². The average molecular weight is 626 g/mol. The smallest absolute Gasteiger partial charge is 0.165 e. The van der Waals surface area contributed by atoms with Crippen LogP contribution in [0.2, 0.25) is 0 Å². The van der Waals surface area contributed by atoms with Crippen molar-refractivity contribution in [3.8, 4) is 67.5 Å². The first kappa shape index (κ1) is 27.5. The van der Waals surface area contributed by atoms with Gasteiger partial charge in [0.2, 0.25) is 0 Å². The fourth-order valence-corrected chi connectivity index (χ4v) is 7.94. The topological polar surface area (TPSA) is 64.5 Å². The van der Waals surface area contributed by atoms with E-state index >= 15 is 0 Å². The minimum absolute atomic E-state index is 0.530. The van der Waals surface area contributed by atoms with E-state index in [4.69, 9.17) is 15.0 Å². The molecule has 0 bridgehead atoms. The Morgan fingerprint density at radius 1 is 0.327 bits per heavy atom. The second-order valence-corrected chi connectivity index (χ2v) is 12.5. The first-order valence-corrected chi connectivity index (χ1v) is 16.4. The van der Waals surface area contributed by atoms with Gasteiger partial charge in [0, 0.05) is 41.5 Å². The minimum Gasteiger partial charge on any atom is -0.264 e. The quantitative estimate of drug-likeness (QED) is 0.196. The largest absolute Gasteiger partial charge is 0.264 e. The van der Waals surface area contributed by atoms with Crippen LogP contribution < -0.4 is 0 Å². The highest BCUT2D eigenvalue weighted by molar-refractivity contribution is 5.97. The van der Waals surface area contributed by atoms with Gasteiger partial charge in [-0.1, -0.05) is 109 Å². The molecule has 0 aliphatic heterocycles. The van der Waals surface area contributed by atoms with Crippen LogP contribution in [-0.2, 0) is 5.41 Å². The Hall–Kier alpha value is -6.59. The summed E-state index contributed by atoms with van der Waals surface area (Å²) < 4.78 is 0. The second-order valence-electron chi connectivity index (χ2n) is 12.5. The van der Waals surface area contributed by atoms with Crippen molar-refractivity contribution in [2.75, 3.05) is 0 Å². The Kier molecular flexibility index (Phi) is 6.02. The van der Waals surface area contributed by atoms with Crippen molar-refractivity contribution in [1.82, 2.24) is 24.9 Å². The van der Waals surface area contributed by atoms with Crippen LogP contribution in [0.4, 0.5) is 0 Å². The van der Waals surface area contributed by atoms with E-state index in [0.29, 0.717) is 17.5 Å². The molecule has 1 spiro atoms. The molecule has 5 nitrogen and oxygen atoms in total. The van der Waals surface area contributed by atoms with Gasteiger partial charge in [-0.05, 0) is 86.0 Å². The molecule has 8 aromatic rings. The minimum atomic E-state index is -0.530. The Balaban J connectivity index is 1.29. The van der Waals surface area contributed by atoms with E-state index in [2.05, 4.69) is 125 Å². The lowest BCUT2D eigenvalue weighted by Gasteiger charge is -2.35. The molecule has 0 saturated carbocycles. The maximum Gasteiger partial charge on any atom is 0.165 e. The Morgan fingerprint density at radius 2 is 0.735 bits per heavy atom. The zero-order valence-electron chi connectivity index (χ0n) is 26.3. The fourth-order valence-electron chi connectivity index (χ4n) is 7.94. The highest BCUT2D eigenvalue weighted by Crippen LogP contribution is 2.61. The molecule has 0 N–H and O–H groups in total. The zero-order chi connectivity index (χ0) is 32.4. The maximum atomic E-state index is 5.05. The summed E-state index contributed by atoms with van der Waals surface area (Å²) in [6.45, 7) is 0. The summed E-state index contributed by atoms with van der Waals surface area (Å²) in [6, 6.07) is 50.0. The van der Waals surface area contributed by atoms with Crippen LogP contribution in [0.25, 0.3) is 67.5 Å². The van der Waals surface area contributed by atoms with Gasteiger partial charge in [-0.3, -0.25) is 9.97 Å². The van der Waals surface area contributed by atoms with Crippen LogP contribution in [0, 0.1) is 0 Å². The number of hydrogen-bond donors (Lipinski definition) is 0. The third kappa shape index (κ3) is 4.02. The van der Waals surface area contributed by atoms with Crippen molar-refractivity contribution in [3.63, 3.8) is 0 Å². The Bertz CT molecular complexity index is 2460. The van der Waals surface area contributed by atoms with E-state index in [0.717, 1.165) is 22.3 Å². The van der Waals surface area contributed by atoms with Gasteiger partial charge in [-0.25, -0.2) is 15.0 Å².